The van der Waals surface area contributed by atoms with E-state index in [9.17, 15) is 14.4 Å². The molecule has 1 aromatic carbocycles. The fourth-order valence-corrected chi connectivity index (χ4v) is 4.00. The molecule has 1 fully saturated rings. The van der Waals surface area contributed by atoms with Crippen molar-refractivity contribution in [2.24, 2.45) is 11.7 Å². The smallest absolute Gasteiger partial charge is 0.247 e. The molecule has 1 aromatic heterocycles. The van der Waals surface area contributed by atoms with Crippen molar-refractivity contribution >= 4 is 11.6 Å². The molecule has 2 heterocycles. The number of allylic oxidation sites excluding steroid dienone is 1. The normalized spacial score (nSPS) is 21.6. The van der Waals surface area contributed by atoms with Crippen LogP contribution in [0.15, 0.2) is 35.7 Å². The summed E-state index contributed by atoms with van der Waals surface area (Å²) in [5, 5.41) is 12.5. The number of aryl methyl sites for hydroxylation is 1. The first-order valence-electron chi connectivity index (χ1n) is 9.97. The first kappa shape index (κ1) is 20.7. The van der Waals surface area contributed by atoms with Gasteiger partial charge in [-0.05, 0) is 38.0 Å². The summed E-state index contributed by atoms with van der Waals surface area (Å²) in [5.74, 6) is -0.604. The highest BCUT2D eigenvalue weighted by atomic mass is 19.1. The van der Waals surface area contributed by atoms with Gasteiger partial charge in [0.15, 0.2) is 0 Å². The molecule has 0 spiro atoms. The van der Waals surface area contributed by atoms with Crippen LogP contribution in [0.3, 0.4) is 0 Å². The molecule has 1 aliphatic heterocycles. The summed E-state index contributed by atoms with van der Waals surface area (Å²) in [6.45, 7) is 3.89. The number of halogens is 1. The molecule has 1 amide bonds. The summed E-state index contributed by atoms with van der Waals surface area (Å²) in [6, 6.07) is 7.12. The Morgan fingerprint density at radius 1 is 1.42 bits per heavy atom. The molecule has 2 unspecified atom stereocenters. The zero-order valence-electron chi connectivity index (χ0n) is 17.5. The zero-order chi connectivity index (χ0) is 22.3. The number of aromatic nitrogens is 1. The Labute approximate surface area is 179 Å². The third-order valence-corrected chi connectivity index (χ3v) is 5.77. The van der Waals surface area contributed by atoms with Crippen LogP contribution in [0.2, 0.25) is 0 Å². The van der Waals surface area contributed by atoms with E-state index in [0.717, 1.165) is 11.3 Å². The van der Waals surface area contributed by atoms with Crippen LogP contribution in [0.1, 0.15) is 41.5 Å². The number of pyridine rings is 1. The molecular formula is C23H23FN4O3. The number of nitrogens with two attached hydrogens (primary N) is 1. The lowest BCUT2D eigenvalue weighted by Gasteiger charge is -2.32. The van der Waals surface area contributed by atoms with Gasteiger partial charge in [-0.1, -0.05) is 6.07 Å². The average molecular weight is 422 g/mol. The number of hydrogen-bond acceptors (Lipinski definition) is 6. The predicted octanol–water partition coefficient (Wildman–Crippen LogP) is 3.32. The van der Waals surface area contributed by atoms with E-state index >= 15 is 0 Å². The molecule has 1 aliphatic carbocycles. The van der Waals surface area contributed by atoms with E-state index in [0.29, 0.717) is 46.0 Å². The van der Waals surface area contributed by atoms with Gasteiger partial charge in [0.25, 0.3) is 0 Å². The van der Waals surface area contributed by atoms with Gasteiger partial charge < -0.3 is 20.5 Å². The maximum atomic E-state index is 13.4. The lowest BCUT2D eigenvalue weighted by Crippen LogP contribution is -2.29. The molecule has 2 aliphatic rings. The van der Waals surface area contributed by atoms with Crippen molar-refractivity contribution in [2.75, 3.05) is 19.0 Å². The van der Waals surface area contributed by atoms with E-state index in [1.807, 2.05) is 6.92 Å². The van der Waals surface area contributed by atoms with Crippen LogP contribution >= 0.6 is 0 Å². The summed E-state index contributed by atoms with van der Waals surface area (Å²) in [6.07, 6.45) is 1.30. The van der Waals surface area contributed by atoms with Crippen LogP contribution in [0.5, 0.6) is 11.6 Å². The van der Waals surface area contributed by atoms with Crippen LogP contribution in [-0.4, -0.2) is 30.8 Å². The largest absolute Gasteiger partial charge is 0.496 e. The number of primary amides is 1. The van der Waals surface area contributed by atoms with Gasteiger partial charge in [0.2, 0.25) is 11.8 Å². The number of nitrogens with one attached hydrogen (secondary N) is 1. The van der Waals surface area contributed by atoms with Crippen molar-refractivity contribution in [1.82, 2.24) is 4.98 Å². The number of anilines is 1. The number of rotatable bonds is 6. The molecule has 0 saturated heterocycles. The Bertz CT molecular complexity index is 1140. The summed E-state index contributed by atoms with van der Waals surface area (Å²) >= 11 is 0. The van der Waals surface area contributed by atoms with Crippen LogP contribution in [-0.2, 0) is 4.79 Å². The van der Waals surface area contributed by atoms with Gasteiger partial charge in [-0.15, -0.1) is 0 Å². The lowest BCUT2D eigenvalue weighted by molar-refractivity contribution is -0.114. The zero-order valence-corrected chi connectivity index (χ0v) is 17.5. The van der Waals surface area contributed by atoms with Gasteiger partial charge in [0.1, 0.15) is 11.9 Å². The second kappa shape index (κ2) is 7.91. The topological polar surface area (TPSA) is 110 Å². The van der Waals surface area contributed by atoms with Gasteiger partial charge >= 0.3 is 0 Å². The van der Waals surface area contributed by atoms with Crippen molar-refractivity contribution in [2.45, 2.75) is 32.4 Å². The second-order valence-electron chi connectivity index (χ2n) is 7.89. The Kier molecular flexibility index (Phi) is 5.27. The molecule has 4 rings (SSSR count). The van der Waals surface area contributed by atoms with Crippen LogP contribution in [0, 0.1) is 24.2 Å². The summed E-state index contributed by atoms with van der Waals surface area (Å²) < 4.78 is 24.9. The Morgan fingerprint density at radius 3 is 2.77 bits per heavy atom. The van der Waals surface area contributed by atoms with Gasteiger partial charge in [-0.2, -0.15) is 5.26 Å². The van der Waals surface area contributed by atoms with E-state index in [1.165, 1.54) is 7.11 Å². The summed E-state index contributed by atoms with van der Waals surface area (Å²) in [4.78, 5) is 17.0. The van der Waals surface area contributed by atoms with Crippen LogP contribution < -0.4 is 20.5 Å². The lowest BCUT2D eigenvalue weighted by atomic mass is 9.79. The molecule has 0 bridgehead atoms. The Hall–Kier alpha value is -3.60. The minimum absolute atomic E-state index is 0.147. The fraction of sp³-hybridized carbons (Fsp3) is 0.348. The number of alkyl halides is 1. The summed E-state index contributed by atoms with van der Waals surface area (Å²) in [7, 11) is 1.50. The van der Waals surface area contributed by atoms with Crippen molar-refractivity contribution < 1.29 is 18.7 Å². The summed E-state index contributed by atoms with van der Waals surface area (Å²) in [5.41, 5.74) is 10.1. The Balaban J connectivity index is 1.92. The quantitative estimate of drug-likeness (QED) is 0.739. The molecule has 31 heavy (non-hydrogen) atoms. The second-order valence-corrected chi connectivity index (χ2v) is 7.89. The van der Waals surface area contributed by atoms with Gasteiger partial charge in [0.05, 0.1) is 42.5 Å². The number of ether oxygens (including phenoxy) is 2. The first-order valence-corrected chi connectivity index (χ1v) is 9.97. The minimum atomic E-state index is -0.850. The monoisotopic (exact) mass is 422 g/mol. The van der Waals surface area contributed by atoms with Crippen molar-refractivity contribution in [1.29, 1.82) is 5.26 Å². The molecule has 7 nitrogen and oxygen atoms in total. The highest BCUT2D eigenvalue weighted by Gasteiger charge is 2.40. The third-order valence-electron chi connectivity index (χ3n) is 5.77. The number of methoxy groups -OCH3 is 1. The minimum Gasteiger partial charge on any atom is -0.496 e. The number of carbonyl (C=O) groups is 1. The van der Waals surface area contributed by atoms with E-state index in [-0.39, 0.29) is 12.5 Å². The van der Waals surface area contributed by atoms with E-state index in [1.54, 1.807) is 31.3 Å². The highest BCUT2D eigenvalue weighted by molar-refractivity contribution is 5.98. The fourth-order valence-electron chi connectivity index (χ4n) is 4.00. The van der Waals surface area contributed by atoms with E-state index in [4.69, 9.17) is 15.2 Å². The van der Waals surface area contributed by atoms with Gasteiger partial charge in [-0.25, -0.2) is 9.37 Å². The van der Waals surface area contributed by atoms with E-state index in [2.05, 4.69) is 16.4 Å². The molecular weight excluding hydrogens is 399 g/mol. The SMILES string of the molecule is COc1cc(C#N)ccc1[C@@H]1C(C(N)=O)=C(C)Nc2c(C)cnc(OCC3CC3F)c21. The Morgan fingerprint density at radius 2 is 2.16 bits per heavy atom. The molecule has 3 atom stereocenters. The van der Waals surface area contributed by atoms with Gasteiger partial charge in [-0.3, -0.25) is 4.79 Å². The molecule has 1 saturated carbocycles. The molecule has 8 heteroatoms. The molecule has 0 radical (unpaired) electrons. The number of fused-ring (bicyclic) bond motifs is 1. The maximum absolute atomic E-state index is 13.4. The highest BCUT2D eigenvalue weighted by Crippen LogP contribution is 2.49. The van der Waals surface area contributed by atoms with Crippen LogP contribution in [0.25, 0.3) is 0 Å². The maximum Gasteiger partial charge on any atom is 0.247 e. The standard InChI is InChI=1S/C23H23FN4O3/c1-11-9-27-23(31-10-14-7-16(14)24)20-19(18(22(26)29)12(2)28-21(11)20)15-5-4-13(8-25)6-17(15)30-3/h4-6,9,14,16,19,28H,7,10H2,1-3H3,(H2,26,29)/t14?,16?,19-/m1/s1. The first-order chi connectivity index (χ1) is 14.8. The number of benzene rings is 1. The van der Waals surface area contributed by atoms with Gasteiger partial charge in [0, 0.05) is 28.9 Å². The number of nitrogens with zero attached hydrogens (tertiary/aromatic N) is 2. The number of carbonyl (C=O) groups excluding carboxylic acids is 1. The third kappa shape index (κ3) is 3.67. The molecule has 2 aromatic rings. The molecule has 3 N–H and O–H groups in total. The number of amides is 1. The number of nitriles is 1. The van der Waals surface area contributed by atoms with Crippen molar-refractivity contribution in [3.8, 4) is 17.7 Å². The number of hydrogen-bond donors (Lipinski definition) is 2. The molecule has 160 valence electrons. The van der Waals surface area contributed by atoms with E-state index < -0.39 is 18.0 Å². The average Bonchev–Trinajstić information content (AvgIpc) is 3.47. The van der Waals surface area contributed by atoms with Crippen molar-refractivity contribution in [3.05, 3.63) is 57.9 Å². The van der Waals surface area contributed by atoms with Crippen molar-refractivity contribution in [3.63, 3.8) is 0 Å². The van der Waals surface area contributed by atoms with Crippen LogP contribution in [0.4, 0.5) is 10.1 Å². The predicted molar refractivity (Wildman–Crippen MR) is 113 cm³/mol.